The molecule has 2 N–H and O–H groups in total. The quantitative estimate of drug-likeness (QED) is 0.489. The summed E-state index contributed by atoms with van der Waals surface area (Å²) >= 11 is 6.64. The van der Waals surface area contributed by atoms with Gasteiger partial charge in [-0.15, -0.1) is 10.2 Å². The maximum Gasteiger partial charge on any atom is 0.264 e. The van der Waals surface area contributed by atoms with Gasteiger partial charge in [0.2, 0.25) is 4.96 Å². The Kier molecular flexibility index (Phi) is 5.22. The number of carbonyl (C=O) groups is 1. The van der Waals surface area contributed by atoms with E-state index in [0.29, 0.717) is 5.75 Å². The van der Waals surface area contributed by atoms with Crippen molar-refractivity contribution in [2.45, 2.75) is 0 Å². The van der Waals surface area contributed by atoms with Crippen molar-refractivity contribution in [1.29, 1.82) is 0 Å². The zero-order valence-electron chi connectivity index (χ0n) is 14.4. The number of carbonyl (C=O) groups excluding carboxylic acids is 1. The highest BCUT2D eigenvalue weighted by atomic mass is 32.1. The van der Waals surface area contributed by atoms with Crippen LogP contribution in [0.5, 0.6) is 5.75 Å². The van der Waals surface area contributed by atoms with E-state index in [1.807, 2.05) is 42.5 Å². The third-order valence-corrected chi connectivity index (χ3v) is 4.79. The molecule has 0 aliphatic heterocycles. The maximum absolute atomic E-state index is 12.0. The van der Waals surface area contributed by atoms with Gasteiger partial charge in [-0.2, -0.15) is 9.61 Å². The first-order chi connectivity index (χ1) is 13.7. The molecule has 140 valence electrons. The Labute approximate surface area is 169 Å². The van der Waals surface area contributed by atoms with Gasteiger partial charge < -0.3 is 10.1 Å². The largest absolute Gasteiger partial charge is 0.484 e. The number of ether oxygens (including phenoxy) is 1. The molecule has 0 bridgehead atoms. The SMILES string of the molecule is O=C(COc1ccccc1)NC(=S)Nc1cccc(-c2nn3cnnc3s2)c1. The summed E-state index contributed by atoms with van der Waals surface area (Å²) in [7, 11) is 0. The third kappa shape index (κ3) is 4.30. The summed E-state index contributed by atoms with van der Waals surface area (Å²) in [4.78, 5) is 12.7. The molecule has 2 aromatic carbocycles. The van der Waals surface area contributed by atoms with E-state index in [4.69, 9.17) is 17.0 Å². The second-order valence-electron chi connectivity index (χ2n) is 5.65. The number of para-hydroxylation sites is 1. The van der Waals surface area contributed by atoms with Gasteiger partial charge in [-0.1, -0.05) is 41.7 Å². The summed E-state index contributed by atoms with van der Waals surface area (Å²) in [6.07, 6.45) is 1.56. The molecule has 0 aliphatic rings. The first kappa shape index (κ1) is 18.0. The number of amides is 1. The average molecular weight is 410 g/mol. The number of rotatable bonds is 5. The van der Waals surface area contributed by atoms with Gasteiger partial charge in [0.1, 0.15) is 17.1 Å². The van der Waals surface area contributed by atoms with Gasteiger partial charge in [0, 0.05) is 11.3 Å². The van der Waals surface area contributed by atoms with Crippen LogP contribution in [0, 0.1) is 0 Å². The summed E-state index contributed by atoms with van der Waals surface area (Å²) in [5.74, 6) is 0.278. The molecule has 2 aromatic heterocycles. The molecule has 4 rings (SSSR count). The van der Waals surface area contributed by atoms with Crippen LogP contribution in [-0.4, -0.2) is 37.4 Å². The molecule has 1 amide bonds. The second kappa shape index (κ2) is 8.11. The average Bonchev–Trinajstić information content (AvgIpc) is 3.29. The Morgan fingerprint density at radius 1 is 1.18 bits per heavy atom. The van der Waals surface area contributed by atoms with Crippen LogP contribution in [0.4, 0.5) is 5.69 Å². The van der Waals surface area contributed by atoms with Crippen molar-refractivity contribution >= 4 is 45.2 Å². The fraction of sp³-hybridized carbons (Fsp3) is 0.0556. The molecule has 0 saturated carbocycles. The summed E-state index contributed by atoms with van der Waals surface area (Å²) in [6.45, 7) is -0.126. The third-order valence-electron chi connectivity index (χ3n) is 3.62. The van der Waals surface area contributed by atoms with E-state index in [2.05, 4.69) is 25.9 Å². The zero-order chi connectivity index (χ0) is 19.3. The van der Waals surface area contributed by atoms with Gasteiger partial charge in [0.25, 0.3) is 5.91 Å². The molecular weight excluding hydrogens is 396 g/mol. The highest BCUT2D eigenvalue weighted by Crippen LogP contribution is 2.26. The molecule has 0 spiro atoms. The van der Waals surface area contributed by atoms with Gasteiger partial charge >= 0.3 is 0 Å². The number of hydrogen-bond acceptors (Lipinski definition) is 7. The van der Waals surface area contributed by atoms with Gasteiger partial charge in [0.15, 0.2) is 11.7 Å². The van der Waals surface area contributed by atoms with Crippen molar-refractivity contribution in [2.75, 3.05) is 11.9 Å². The minimum Gasteiger partial charge on any atom is -0.484 e. The molecule has 4 aromatic rings. The summed E-state index contributed by atoms with van der Waals surface area (Å²) in [6, 6.07) is 16.7. The smallest absolute Gasteiger partial charge is 0.264 e. The zero-order valence-corrected chi connectivity index (χ0v) is 16.0. The second-order valence-corrected chi connectivity index (χ2v) is 7.01. The lowest BCUT2D eigenvalue weighted by Crippen LogP contribution is -2.37. The fourth-order valence-corrected chi connectivity index (χ4v) is 3.44. The van der Waals surface area contributed by atoms with Crippen LogP contribution in [-0.2, 0) is 4.79 Å². The molecule has 2 heterocycles. The van der Waals surface area contributed by atoms with E-state index in [1.54, 1.807) is 23.0 Å². The molecule has 0 fully saturated rings. The van der Waals surface area contributed by atoms with Crippen molar-refractivity contribution in [3.05, 3.63) is 60.9 Å². The molecule has 0 aliphatic carbocycles. The topological polar surface area (TPSA) is 93.4 Å². The Balaban J connectivity index is 1.35. The maximum atomic E-state index is 12.0. The van der Waals surface area contributed by atoms with E-state index >= 15 is 0 Å². The number of nitrogens with zero attached hydrogens (tertiary/aromatic N) is 4. The highest BCUT2D eigenvalue weighted by Gasteiger charge is 2.10. The lowest BCUT2D eigenvalue weighted by atomic mass is 10.2. The summed E-state index contributed by atoms with van der Waals surface area (Å²) < 4.78 is 7.02. The Morgan fingerprint density at radius 2 is 2.04 bits per heavy atom. The predicted molar refractivity (Wildman–Crippen MR) is 110 cm³/mol. The predicted octanol–water partition coefficient (Wildman–Crippen LogP) is 2.74. The molecule has 8 nitrogen and oxygen atoms in total. The number of aromatic nitrogens is 4. The number of nitrogens with one attached hydrogen (secondary N) is 2. The van der Waals surface area contributed by atoms with E-state index in [0.717, 1.165) is 21.2 Å². The van der Waals surface area contributed by atoms with E-state index in [9.17, 15) is 4.79 Å². The number of benzene rings is 2. The molecule has 28 heavy (non-hydrogen) atoms. The van der Waals surface area contributed by atoms with E-state index in [1.165, 1.54) is 11.3 Å². The number of thiocarbonyl (C=S) groups is 1. The first-order valence-electron chi connectivity index (χ1n) is 8.23. The van der Waals surface area contributed by atoms with Crippen molar-refractivity contribution in [3.8, 4) is 16.3 Å². The van der Waals surface area contributed by atoms with Crippen molar-refractivity contribution < 1.29 is 9.53 Å². The van der Waals surface area contributed by atoms with Gasteiger partial charge in [-0.05, 0) is 36.5 Å². The van der Waals surface area contributed by atoms with Gasteiger partial charge in [-0.25, -0.2) is 0 Å². The van der Waals surface area contributed by atoms with E-state index < -0.39 is 0 Å². The number of fused-ring (bicyclic) bond motifs is 1. The fourth-order valence-electron chi connectivity index (χ4n) is 2.40. The van der Waals surface area contributed by atoms with Crippen LogP contribution in [0.15, 0.2) is 60.9 Å². The van der Waals surface area contributed by atoms with Gasteiger partial charge in [-0.3, -0.25) is 10.1 Å². The van der Waals surface area contributed by atoms with Crippen LogP contribution in [0.2, 0.25) is 0 Å². The molecule has 0 atom stereocenters. The summed E-state index contributed by atoms with van der Waals surface area (Å²) in [5, 5.41) is 18.8. The molecule has 0 radical (unpaired) electrons. The Hall–Kier alpha value is -3.37. The van der Waals surface area contributed by atoms with Crippen molar-refractivity contribution in [1.82, 2.24) is 25.1 Å². The van der Waals surface area contributed by atoms with Crippen molar-refractivity contribution in [3.63, 3.8) is 0 Å². The molecular formula is C18H14N6O2S2. The van der Waals surface area contributed by atoms with Crippen LogP contribution < -0.4 is 15.4 Å². The Bertz CT molecular complexity index is 1100. The normalized spacial score (nSPS) is 10.6. The standard InChI is InChI=1S/C18H14N6O2S2/c25-15(10-26-14-7-2-1-3-8-14)21-17(27)20-13-6-4-5-12(9-13)16-23-24-11-19-22-18(24)28-16/h1-9,11H,10H2,(H2,20,21,25,27). The molecule has 0 saturated heterocycles. The highest BCUT2D eigenvalue weighted by molar-refractivity contribution is 7.80. The first-order valence-corrected chi connectivity index (χ1v) is 9.46. The minimum absolute atomic E-state index is 0.126. The Morgan fingerprint density at radius 3 is 2.86 bits per heavy atom. The van der Waals surface area contributed by atoms with Crippen LogP contribution >= 0.6 is 23.6 Å². The number of anilines is 1. The van der Waals surface area contributed by atoms with Crippen LogP contribution in [0.3, 0.4) is 0 Å². The lowest BCUT2D eigenvalue weighted by molar-refractivity contribution is -0.121. The van der Waals surface area contributed by atoms with Crippen LogP contribution in [0.25, 0.3) is 15.5 Å². The van der Waals surface area contributed by atoms with Crippen molar-refractivity contribution in [2.24, 2.45) is 0 Å². The van der Waals surface area contributed by atoms with E-state index in [-0.39, 0.29) is 17.6 Å². The lowest BCUT2D eigenvalue weighted by Gasteiger charge is -2.11. The molecule has 0 unspecified atom stereocenters. The monoisotopic (exact) mass is 410 g/mol. The minimum atomic E-state index is -0.342. The molecule has 10 heteroatoms. The summed E-state index contributed by atoms with van der Waals surface area (Å²) in [5.41, 5.74) is 1.64. The van der Waals surface area contributed by atoms with Gasteiger partial charge in [0.05, 0.1) is 0 Å². The van der Waals surface area contributed by atoms with Crippen LogP contribution in [0.1, 0.15) is 0 Å². The number of hydrogen-bond donors (Lipinski definition) is 2.